The molecule has 0 fully saturated rings. The molecule has 4 heteroatoms. The molecule has 0 aliphatic rings. The van der Waals surface area contributed by atoms with Gasteiger partial charge in [0.2, 0.25) is 0 Å². The van der Waals surface area contributed by atoms with E-state index in [0.29, 0.717) is 11.6 Å². The smallest absolute Gasteiger partial charge is 0.103 e. The molecule has 0 amide bonds. The molecule has 0 bridgehead atoms. The molecule has 1 unspecified atom stereocenters. The van der Waals surface area contributed by atoms with Gasteiger partial charge in [-0.3, -0.25) is 0 Å². The van der Waals surface area contributed by atoms with Crippen molar-refractivity contribution >= 4 is 11.7 Å². The maximum absolute atomic E-state index is 9.77. The van der Waals surface area contributed by atoms with Gasteiger partial charge in [0.1, 0.15) is 11.8 Å². The van der Waals surface area contributed by atoms with Gasteiger partial charge in [0.05, 0.1) is 17.9 Å². The molecule has 0 radical (unpaired) electrons. The molecule has 0 aliphatic carbocycles. The fourth-order valence-electron chi connectivity index (χ4n) is 1.28. The van der Waals surface area contributed by atoms with Crippen LogP contribution < -0.4 is 0 Å². The second-order valence-corrected chi connectivity index (χ2v) is 3.41. The Morgan fingerprint density at radius 3 is 2.58 bits per heavy atom. The van der Waals surface area contributed by atoms with Crippen LogP contribution in [0.5, 0.6) is 0 Å². The van der Waals surface area contributed by atoms with E-state index in [1.807, 2.05) is 0 Å². The minimum absolute atomic E-state index is 0.314. The van der Waals surface area contributed by atoms with Gasteiger partial charge in [-0.2, -0.15) is 8.75 Å². The predicted molar refractivity (Wildman–Crippen MR) is 48.9 cm³/mol. The molecule has 1 rings (SSSR count). The lowest BCUT2D eigenvalue weighted by atomic mass is 9.95. The van der Waals surface area contributed by atoms with Crippen molar-refractivity contribution in [1.82, 2.24) is 8.75 Å². The molecular formula is C8H14N2OS. The van der Waals surface area contributed by atoms with Gasteiger partial charge in [-0.15, -0.1) is 0 Å². The lowest BCUT2D eigenvalue weighted by Crippen LogP contribution is -2.10. The quantitative estimate of drug-likeness (QED) is 0.782. The largest absolute Gasteiger partial charge is 0.386 e. The lowest BCUT2D eigenvalue weighted by Gasteiger charge is -2.17. The zero-order chi connectivity index (χ0) is 8.97. The summed E-state index contributed by atoms with van der Waals surface area (Å²) in [5.74, 6) is 0.314. The van der Waals surface area contributed by atoms with Crippen LogP contribution in [0.2, 0.25) is 0 Å². The summed E-state index contributed by atoms with van der Waals surface area (Å²) < 4.78 is 7.88. The maximum atomic E-state index is 9.77. The Morgan fingerprint density at radius 2 is 2.17 bits per heavy atom. The summed E-state index contributed by atoms with van der Waals surface area (Å²) in [6.45, 7) is 4.16. The fourth-order valence-corrected chi connectivity index (χ4v) is 1.73. The van der Waals surface area contributed by atoms with Gasteiger partial charge in [-0.1, -0.05) is 26.7 Å². The van der Waals surface area contributed by atoms with Crippen LogP contribution in [0, 0.1) is 5.92 Å². The molecule has 1 N–H and O–H groups in total. The number of aromatic nitrogens is 2. The SMILES string of the molecule is CCC(CC)C(O)c1cnsn1. The monoisotopic (exact) mass is 186 g/mol. The van der Waals surface area contributed by atoms with Crippen molar-refractivity contribution < 1.29 is 5.11 Å². The third-order valence-electron chi connectivity index (χ3n) is 2.18. The number of hydrogen-bond donors (Lipinski definition) is 1. The van der Waals surface area contributed by atoms with Crippen molar-refractivity contribution in [3.8, 4) is 0 Å². The van der Waals surface area contributed by atoms with Crippen molar-refractivity contribution in [3.63, 3.8) is 0 Å². The Bertz CT molecular complexity index is 209. The fraction of sp³-hybridized carbons (Fsp3) is 0.750. The van der Waals surface area contributed by atoms with E-state index in [0.717, 1.165) is 24.6 Å². The van der Waals surface area contributed by atoms with E-state index in [9.17, 15) is 5.11 Å². The Kier molecular flexibility index (Phi) is 3.62. The van der Waals surface area contributed by atoms with Crippen LogP contribution in [0.15, 0.2) is 6.20 Å². The molecule has 68 valence electrons. The van der Waals surface area contributed by atoms with Gasteiger partial charge < -0.3 is 5.11 Å². The third kappa shape index (κ3) is 2.01. The number of aliphatic hydroxyl groups is 1. The third-order valence-corrected chi connectivity index (χ3v) is 2.67. The highest BCUT2D eigenvalue weighted by molar-refractivity contribution is 6.99. The lowest BCUT2D eigenvalue weighted by molar-refractivity contribution is 0.0999. The highest BCUT2D eigenvalue weighted by Crippen LogP contribution is 2.25. The molecule has 0 aliphatic heterocycles. The normalized spacial score (nSPS) is 13.7. The molecule has 0 spiro atoms. The van der Waals surface area contributed by atoms with E-state index < -0.39 is 6.10 Å². The first-order valence-corrected chi connectivity index (χ1v) is 4.98. The Hall–Kier alpha value is -0.480. The average molecular weight is 186 g/mol. The molecule has 1 heterocycles. The van der Waals surface area contributed by atoms with Crippen molar-refractivity contribution in [1.29, 1.82) is 0 Å². The highest BCUT2D eigenvalue weighted by atomic mass is 32.1. The number of nitrogens with zero attached hydrogens (tertiary/aromatic N) is 2. The van der Waals surface area contributed by atoms with E-state index >= 15 is 0 Å². The zero-order valence-electron chi connectivity index (χ0n) is 7.40. The molecule has 0 aromatic carbocycles. The average Bonchev–Trinajstić information content (AvgIpc) is 2.58. The summed E-state index contributed by atoms with van der Waals surface area (Å²) in [5, 5.41) is 9.77. The van der Waals surface area contributed by atoms with Gasteiger partial charge in [-0.05, 0) is 5.92 Å². The van der Waals surface area contributed by atoms with Gasteiger partial charge >= 0.3 is 0 Å². The summed E-state index contributed by atoms with van der Waals surface area (Å²) in [6.07, 6.45) is 3.18. The van der Waals surface area contributed by atoms with Crippen molar-refractivity contribution in [2.75, 3.05) is 0 Å². The molecule has 0 saturated carbocycles. The predicted octanol–water partition coefficient (Wildman–Crippen LogP) is 2.01. The van der Waals surface area contributed by atoms with Crippen LogP contribution in [-0.2, 0) is 0 Å². The molecule has 1 atom stereocenters. The van der Waals surface area contributed by atoms with E-state index in [2.05, 4.69) is 22.6 Å². The van der Waals surface area contributed by atoms with Gasteiger partial charge in [0, 0.05) is 0 Å². The van der Waals surface area contributed by atoms with Crippen molar-refractivity contribution in [2.24, 2.45) is 5.92 Å². The van der Waals surface area contributed by atoms with Crippen molar-refractivity contribution in [3.05, 3.63) is 11.9 Å². The van der Waals surface area contributed by atoms with Crippen LogP contribution >= 0.6 is 11.7 Å². The second kappa shape index (κ2) is 4.52. The Balaban J connectivity index is 2.63. The summed E-state index contributed by atoms with van der Waals surface area (Å²) in [5.41, 5.74) is 0.716. The topological polar surface area (TPSA) is 46.0 Å². The molecular weight excluding hydrogens is 172 g/mol. The minimum Gasteiger partial charge on any atom is -0.386 e. The minimum atomic E-state index is -0.432. The standard InChI is InChI=1S/C8H14N2OS/c1-3-6(4-2)8(11)7-5-9-12-10-7/h5-6,8,11H,3-4H2,1-2H3. The number of hydrogen-bond acceptors (Lipinski definition) is 4. The summed E-state index contributed by atoms with van der Waals surface area (Å²) in [6, 6.07) is 0. The second-order valence-electron chi connectivity index (χ2n) is 2.85. The summed E-state index contributed by atoms with van der Waals surface area (Å²) >= 11 is 1.15. The first-order valence-electron chi connectivity index (χ1n) is 4.25. The van der Waals surface area contributed by atoms with Gasteiger partial charge in [0.25, 0.3) is 0 Å². The van der Waals surface area contributed by atoms with Crippen LogP contribution in [0.25, 0.3) is 0 Å². The van der Waals surface area contributed by atoms with E-state index in [1.54, 1.807) is 6.20 Å². The molecule has 0 saturated heterocycles. The van der Waals surface area contributed by atoms with E-state index in [4.69, 9.17) is 0 Å². The first-order chi connectivity index (χ1) is 5.79. The zero-order valence-corrected chi connectivity index (χ0v) is 8.21. The van der Waals surface area contributed by atoms with Crippen LogP contribution in [0.3, 0.4) is 0 Å². The maximum Gasteiger partial charge on any atom is 0.103 e. The molecule has 12 heavy (non-hydrogen) atoms. The summed E-state index contributed by atoms with van der Waals surface area (Å²) in [7, 11) is 0. The Morgan fingerprint density at radius 1 is 1.50 bits per heavy atom. The van der Waals surface area contributed by atoms with Gasteiger partial charge in [0.15, 0.2) is 0 Å². The van der Waals surface area contributed by atoms with Crippen LogP contribution in [0.4, 0.5) is 0 Å². The molecule has 1 aromatic rings. The van der Waals surface area contributed by atoms with E-state index in [1.165, 1.54) is 0 Å². The molecule has 3 nitrogen and oxygen atoms in total. The van der Waals surface area contributed by atoms with Crippen molar-refractivity contribution in [2.45, 2.75) is 32.8 Å². The highest BCUT2D eigenvalue weighted by Gasteiger charge is 2.19. The molecule has 1 aromatic heterocycles. The van der Waals surface area contributed by atoms with Crippen LogP contribution in [0.1, 0.15) is 38.5 Å². The van der Waals surface area contributed by atoms with Crippen LogP contribution in [-0.4, -0.2) is 13.9 Å². The Labute approximate surface area is 76.8 Å². The van der Waals surface area contributed by atoms with Gasteiger partial charge in [-0.25, -0.2) is 0 Å². The number of aliphatic hydroxyl groups excluding tert-OH is 1. The first kappa shape index (κ1) is 9.61. The number of rotatable bonds is 4. The summed E-state index contributed by atoms with van der Waals surface area (Å²) in [4.78, 5) is 0. The van der Waals surface area contributed by atoms with E-state index in [-0.39, 0.29) is 0 Å².